The number of halogens is 1. The molecule has 1 saturated carbocycles. The van der Waals surface area contributed by atoms with Gasteiger partial charge >= 0.3 is 0 Å². The smallest absolute Gasteiger partial charge is 0.135 e. The number of hydrogen-bond donors (Lipinski definition) is 2. The van der Waals surface area contributed by atoms with Gasteiger partial charge in [0.05, 0.1) is 19.3 Å². The van der Waals surface area contributed by atoms with Gasteiger partial charge in [0.2, 0.25) is 0 Å². The highest BCUT2D eigenvalue weighted by molar-refractivity contribution is 9.10. The van der Waals surface area contributed by atoms with Gasteiger partial charge in [0.25, 0.3) is 0 Å². The summed E-state index contributed by atoms with van der Waals surface area (Å²) < 4.78 is 5.78. The molecule has 2 rings (SSSR count). The first kappa shape index (κ1) is 12.7. The minimum Gasteiger partial charge on any atom is -0.394 e. The van der Waals surface area contributed by atoms with E-state index in [9.17, 15) is 5.11 Å². The molecule has 17 heavy (non-hydrogen) atoms. The van der Waals surface area contributed by atoms with Crippen molar-refractivity contribution in [1.82, 2.24) is 9.97 Å². The fourth-order valence-corrected chi connectivity index (χ4v) is 1.98. The lowest BCUT2D eigenvalue weighted by atomic mass is 10.3. The summed E-state index contributed by atoms with van der Waals surface area (Å²) in [6.07, 6.45) is 2.33. The Bertz CT molecular complexity index is 385. The third-order valence-electron chi connectivity index (χ3n) is 2.59. The lowest BCUT2D eigenvalue weighted by Crippen LogP contribution is -2.29. The van der Waals surface area contributed by atoms with Gasteiger partial charge < -0.3 is 15.2 Å². The summed E-state index contributed by atoms with van der Waals surface area (Å²) in [4.78, 5) is 8.79. The lowest BCUT2D eigenvalue weighted by molar-refractivity contribution is 0.153. The van der Waals surface area contributed by atoms with Gasteiger partial charge in [-0.25, -0.2) is 9.97 Å². The number of nitrogens with one attached hydrogen (secondary N) is 1. The fraction of sp³-hybridized carbons (Fsp3) is 0.636. The first-order valence-electron chi connectivity index (χ1n) is 5.63. The number of aliphatic hydroxyl groups excluding tert-OH is 1. The number of anilines is 1. The van der Waals surface area contributed by atoms with E-state index < -0.39 is 0 Å². The Kier molecular flexibility index (Phi) is 4.31. The van der Waals surface area contributed by atoms with Gasteiger partial charge in [-0.1, -0.05) is 0 Å². The van der Waals surface area contributed by atoms with Crippen LogP contribution in [0.25, 0.3) is 0 Å². The summed E-state index contributed by atoms with van der Waals surface area (Å²) >= 11 is 3.38. The van der Waals surface area contributed by atoms with Crippen LogP contribution in [0, 0.1) is 0 Å². The minimum absolute atomic E-state index is 0.00816. The normalized spacial score (nSPS) is 16.9. The number of hydrogen-bond acceptors (Lipinski definition) is 5. The Morgan fingerprint density at radius 1 is 1.59 bits per heavy atom. The molecule has 0 saturated heterocycles. The molecular weight excluding hydrogens is 286 g/mol. The van der Waals surface area contributed by atoms with Crippen molar-refractivity contribution in [2.24, 2.45) is 0 Å². The summed E-state index contributed by atoms with van der Waals surface area (Å²) in [5, 5.41) is 12.3. The molecule has 2 N–H and O–H groups in total. The largest absolute Gasteiger partial charge is 0.394 e. The molecule has 5 nitrogen and oxygen atoms in total. The van der Waals surface area contributed by atoms with Crippen LogP contribution in [0.15, 0.2) is 10.7 Å². The van der Waals surface area contributed by atoms with Crippen LogP contribution in [-0.4, -0.2) is 41.4 Å². The van der Waals surface area contributed by atoms with E-state index in [4.69, 9.17) is 4.74 Å². The van der Waals surface area contributed by atoms with Crippen molar-refractivity contribution in [1.29, 1.82) is 0 Å². The molecule has 1 aliphatic carbocycles. The lowest BCUT2D eigenvalue weighted by Gasteiger charge is -2.16. The van der Waals surface area contributed by atoms with Crippen LogP contribution in [0.4, 0.5) is 5.82 Å². The summed E-state index contributed by atoms with van der Waals surface area (Å²) in [6, 6.07) is 1.67. The van der Waals surface area contributed by atoms with E-state index in [1.807, 2.05) is 6.07 Å². The van der Waals surface area contributed by atoms with Crippen LogP contribution in [0.5, 0.6) is 0 Å². The molecule has 0 bridgehead atoms. The van der Waals surface area contributed by atoms with Crippen LogP contribution >= 0.6 is 15.9 Å². The average Bonchev–Trinajstić information content (AvgIpc) is 3.11. The summed E-state index contributed by atoms with van der Waals surface area (Å²) in [5.41, 5.74) is 0. The van der Waals surface area contributed by atoms with E-state index in [-0.39, 0.29) is 12.6 Å². The molecule has 1 fully saturated rings. The van der Waals surface area contributed by atoms with Crippen molar-refractivity contribution in [2.75, 3.05) is 25.6 Å². The monoisotopic (exact) mass is 301 g/mol. The van der Waals surface area contributed by atoms with Crippen LogP contribution in [0.2, 0.25) is 0 Å². The molecule has 1 heterocycles. The van der Waals surface area contributed by atoms with Crippen LogP contribution < -0.4 is 5.32 Å². The SMILES string of the molecule is COCC(CO)Nc1cc(Br)nc(C2CC2)n1. The van der Waals surface area contributed by atoms with E-state index >= 15 is 0 Å². The predicted molar refractivity (Wildman–Crippen MR) is 68.1 cm³/mol. The van der Waals surface area contributed by atoms with Crippen molar-refractivity contribution in [3.8, 4) is 0 Å². The van der Waals surface area contributed by atoms with Crippen LogP contribution in [0.3, 0.4) is 0 Å². The van der Waals surface area contributed by atoms with Gasteiger partial charge in [0.15, 0.2) is 0 Å². The molecule has 1 aromatic heterocycles. The van der Waals surface area contributed by atoms with E-state index in [0.29, 0.717) is 12.5 Å². The molecule has 6 heteroatoms. The zero-order chi connectivity index (χ0) is 12.3. The van der Waals surface area contributed by atoms with Gasteiger partial charge in [-0.15, -0.1) is 0 Å². The van der Waals surface area contributed by atoms with E-state index in [2.05, 4.69) is 31.2 Å². The third-order valence-corrected chi connectivity index (χ3v) is 3.00. The summed E-state index contributed by atoms with van der Waals surface area (Å²) in [6.45, 7) is 0.450. The quantitative estimate of drug-likeness (QED) is 0.780. The Balaban J connectivity index is 2.08. The summed E-state index contributed by atoms with van der Waals surface area (Å²) in [7, 11) is 1.61. The zero-order valence-electron chi connectivity index (χ0n) is 9.69. The maximum Gasteiger partial charge on any atom is 0.135 e. The molecule has 0 aromatic carbocycles. The first-order valence-corrected chi connectivity index (χ1v) is 6.43. The van der Waals surface area contributed by atoms with Crippen molar-refractivity contribution >= 4 is 21.7 Å². The molecule has 94 valence electrons. The molecule has 0 spiro atoms. The minimum atomic E-state index is -0.145. The van der Waals surface area contributed by atoms with E-state index in [1.54, 1.807) is 7.11 Å². The third kappa shape index (κ3) is 3.62. The van der Waals surface area contributed by atoms with Gasteiger partial charge in [-0.2, -0.15) is 0 Å². The molecule has 1 atom stereocenters. The van der Waals surface area contributed by atoms with Gasteiger partial charge in [-0.05, 0) is 28.8 Å². The Hall–Kier alpha value is -0.720. The molecular formula is C11H16BrN3O2. The second kappa shape index (κ2) is 5.75. The van der Waals surface area contributed by atoms with Crippen molar-refractivity contribution < 1.29 is 9.84 Å². The highest BCUT2D eigenvalue weighted by Crippen LogP contribution is 2.38. The Morgan fingerprint density at radius 2 is 2.35 bits per heavy atom. The topological polar surface area (TPSA) is 67.3 Å². The molecule has 1 unspecified atom stereocenters. The average molecular weight is 302 g/mol. The van der Waals surface area contributed by atoms with Crippen molar-refractivity contribution in [2.45, 2.75) is 24.8 Å². The number of aliphatic hydroxyl groups is 1. The van der Waals surface area contributed by atoms with E-state index in [1.165, 1.54) is 0 Å². The van der Waals surface area contributed by atoms with Gasteiger partial charge in [0.1, 0.15) is 16.2 Å². The second-order valence-corrected chi connectivity index (χ2v) is 5.00. The Labute approximate surface area is 109 Å². The highest BCUT2D eigenvalue weighted by Gasteiger charge is 2.27. The fourth-order valence-electron chi connectivity index (χ4n) is 1.58. The summed E-state index contributed by atoms with van der Waals surface area (Å²) in [5.74, 6) is 2.10. The molecule has 1 aliphatic rings. The Morgan fingerprint density at radius 3 is 2.94 bits per heavy atom. The van der Waals surface area contributed by atoms with Crippen molar-refractivity contribution in [3.63, 3.8) is 0 Å². The maximum atomic E-state index is 9.18. The molecule has 1 aromatic rings. The van der Waals surface area contributed by atoms with Crippen molar-refractivity contribution in [3.05, 3.63) is 16.5 Å². The number of ether oxygens (including phenoxy) is 1. The highest BCUT2D eigenvalue weighted by atomic mass is 79.9. The number of nitrogens with zero attached hydrogens (tertiary/aromatic N) is 2. The van der Waals surface area contributed by atoms with Crippen LogP contribution in [0.1, 0.15) is 24.6 Å². The number of aromatic nitrogens is 2. The zero-order valence-corrected chi connectivity index (χ0v) is 11.3. The van der Waals surface area contributed by atoms with Gasteiger partial charge in [-0.3, -0.25) is 0 Å². The molecule has 0 radical (unpaired) electrons. The molecule has 0 amide bonds. The maximum absolute atomic E-state index is 9.18. The predicted octanol–water partition coefficient (Wildman–Crippen LogP) is 1.54. The van der Waals surface area contributed by atoms with Crippen LogP contribution in [-0.2, 0) is 4.74 Å². The number of rotatable bonds is 6. The standard InChI is InChI=1S/C11H16BrN3O2/c1-17-6-8(5-16)13-10-4-9(12)14-11(15-10)7-2-3-7/h4,7-8,16H,2-3,5-6H2,1H3,(H,13,14,15). The number of methoxy groups -OCH3 is 1. The van der Waals surface area contributed by atoms with E-state index in [0.717, 1.165) is 29.1 Å². The second-order valence-electron chi connectivity index (χ2n) is 4.19. The molecule has 0 aliphatic heterocycles. The first-order chi connectivity index (χ1) is 8.22. The van der Waals surface area contributed by atoms with Gasteiger partial charge in [0, 0.05) is 19.1 Å².